The number of hydrogen-bond donors (Lipinski definition) is 0. The minimum absolute atomic E-state index is 0.127. The lowest BCUT2D eigenvalue weighted by molar-refractivity contribution is 0.0116. The summed E-state index contributed by atoms with van der Waals surface area (Å²) in [5.74, 6) is 1.06. The Morgan fingerprint density at radius 3 is 2.47 bits per heavy atom. The van der Waals surface area contributed by atoms with Crippen molar-refractivity contribution in [1.29, 1.82) is 0 Å². The van der Waals surface area contributed by atoms with Gasteiger partial charge >= 0.3 is 6.09 Å². The fraction of sp³-hybridized carbons (Fsp3) is 0.692. The van der Waals surface area contributed by atoms with Gasteiger partial charge in [-0.2, -0.15) is 0 Å². The van der Waals surface area contributed by atoms with Crippen LogP contribution in [0.25, 0.3) is 11.0 Å². The molecule has 0 unspecified atom stereocenters. The van der Waals surface area contributed by atoms with Crippen LogP contribution in [-0.2, 0) is 22.5 Å². The summed E-state index contributed by atoms with van der Waals surface area (Å²) >= 11 is 0. The van der Waals surface area contributed by atoms with E-state index in [9.17, 15) is 4.79 Å². The van der Waals surface area contributed by atoms with E-state index in [1.165, 1.54) is 82.4 Å². The van der Waals surface area contributed by atoms with Crippen LogP contribution in [0.3, 0.4) is 0 Å². The number of imidazole rings is 1. The second-order valence-corrected chi connectivity index (χ2v) is 9.92. The van der Waals surface area contributed by atoms with Crippen LogP contribution in [-0.4, -0.2) is 34.9 Å². The maximum absolute atomic E-state index is 12.5. The predicted molar refractivity (Wildman–Crippen MR) is 126 cm³/mol. The summed E-state index contributed by atoms with van der Waals surface area (Å²) < 4.78 is 14.0. The standard InChI is InChI=1S/C26H37N3O3/c1-18-13-14-21-22(28(18)26(30)31-2)15-16-23-25(21)27-24(17-32-20-11-7-4-8-12-20)29(23)19-9-5-3-6-10-19/h15-16,18-20H,3-14,17H2,1-2H3/t18-/m0/s1. The molecule has 1 amide bonds. The molecule has 3 aliphatic rings. The predicted octanol–water partition coefficient (Wildman–Crippen LogP) is 6.30. The van der Waals surface area contributed by atoms with Crippen molar-refractivity contribution < 1.29 is 14.3 Å². The van der Waals surface area contributed by atoms with Crippen molar-refractivity contribution in [2.75, 3.05) is 12.0 Å². The van der Waals surface area contributed by atoms with Crippen LogP contribution in [0.2, 0.25) is 0 Å². The van der Waals surface area contributed by atoms with E-state index < -0.39 is 0 Å². The minimum atomic E-state index is -0.287. The number of nitrogens with zero attached hydrogens (tertiary/aromatic N) is 3. The molecule has 0 spiro atoms. The van der Waals surface area contributed by atoms with Crippen LogP contribution in [0.15, 0.2) is 12.1 Å². The quantitative estimate of drug-likeness (QED) is 0.561. The van der Waals surface area contributed by atoms with Crippen LogP contribution in [0.4, 0.5) is 10.5 Å². The van der Waals surface area contributed by atoms with Crippen LogP contribution >= 0.6 is 0 Å². The maximum Gasteiger partial charge on any atom is 0.414 e. The molecule has 5 rings (SSSR count). The summed E-state index contributed by atoms with van der Waals surface area (Å²) in [5.41, 5.74) is 4.39. The first-order chi connectivity index (χ1) is 15.7. The van der Waals surface area contributed by atoms with Crippen molar-refractivity contribution in [2.45, 2.75) is 109 Å². The molecule has 0 bridgehead atoms. The Hall–Kier alpha value is -2.08. The molecule has 2 fully saturated rings. The Morgan fingerprint density at radius 1 is 1.03 bits per heavy atom. The fourth-order valence-electron chi connectivity index (χ4n) is 6.10. The van der Waals surface area contributed by atoms with E-state index in [1.54, 1.807) is 4.90 Å². The molecule has 2 saturated carbocycles. The first-order valence-electron chi connectivity index (χ1n) is 12.7. The van der Waals surface area contributed by atoms with Crippen molar-refractivity contribution >= 4 is 22.8 Å². The number of methoxy groups -OCH3 is 1. The lowest BCUT2D eigenvalue weighted by atomic mass is 9.94. The van der Waals surface area contributed by atoms with Gasteiger partial charge in [-0.25, -0.2) is 9.78 Å². The molecule has 1 aromatic carbocycles. The summed E-state index contributed by atoms with van der Waals surface area (Å²) in [7, 11) is 1.46. The Labute approximate surface area is 191 Å². The van der Waals surface area contributed by atoms with Gasteiger partial charge in [0.1, 0.15) is 12.4 Å². The third kappa shape index (κ3) is 4.02. The van der Waals surface area contributed by atoms with Crippen molar-refractivity contribution in [2.24, 2.45) is 0 Å². The lowest BCUT2D eigenvalue weighted by Crippen LogP contribution is -2.42. The van der Waals surface area contributed by atoms with Crippen molar-refractivity contribution in [1.82, 2.24) is 9.55 Å². The molecular formula is C26H37N3O3. The number of aryl methyl sites for hydroxylation is 1. The van der Waals surface area contributed by atoms with Gasteiger partial charge in [-0.1, -0.05) is 38.5 Å². The third-order valence-electron chi connectivity index (χ3n) is 7.84. The van der Waals surface area contributed by atoms with E-state index in [-0.39, 0.29) is 12.1 Å². The molecule has 2 aromatic rings. The number of amides is 1. The van der Waals surface area contributed by atoms with E-state index in [2.05, 4.69) is 23.6 Å². The van der Waals surface area contributed by atoms with Gasteiger partial charge in [0.05, 0.1) is 29.9 Å². The Kier molecular flexibility index (Phi) is 6.40. The largest absolute Gasteiger partial charge is 0.452 e. The maximum atomic E-state index is 12.5. The highest BCUT2D eigenvalue weighted by Crippen LogP contribution is 2.39. The minimum Gasteiger partial charge on any atom is -0.452 e. The molecule has 0 N–H and O–H groups in total. The SMILES string of the molecule is COC(=O)N1c2ccc3c(nc(COC4CCCCC4)n3C3CCCCC3)c2CC[C@@H]1C. The molecule has 6 nitrogen and oxygen atoms in total. The number of ether oxygens (including phenoxy) is 2. The van der Waals surface area contributed by atoms with Gasteiger partial charge in [0.25, 0.3) is 0 Å². The molecule has 0 radical (unpaired) electrons. The highest BCUT2D eigenvalue weighted by atomic mass is 16.5. The highest BCUT2D eigenvalue weighted by Gasteiger charge is 2.32. The van der Waals surface area contributed by atoms with Crippen LogP contribution < -0.4 is 4.90 Å². The topological polar surface area (TPSA) is 56.6 Å². The molecule has 2 heterocycles. The number of carbonyl (C=O) groups excluding carboxylic acids is 1. The smallest absolute Gasteiger partial charge is 0.414 e. The molecule has 1 atom stereocenters. The number of benzene rings is 1. The van der Waals surface area contributed by atoms with Gasteiger partial charge in [-0.15, -0.1) is 0 Å². The first kappa shape index (κ1) is 21.7. The summed E-state index contributed by atoms with van der Waals surface area (Å²) in [6.07, 6.45) is 14.5. The van der Waals surface area contributed by atoms with Crippen molar-refractivity contribution in [3.8, 4) is 0 Å². The molecule has 0 saturated heterocycles. The summed E-state index contributed by atoms with van der Waals surface area (Å²) in [6.45, 7) is 2.68. The fourth-order valence-corrected chi connectivity index (χ4v) is 6.10. The van der Waals surface area contributed by atoms with Gasteiger partial charge in [-0.05, 0) is 57.6 Å². The number of rotatable bonds is 4. The second kappa shape index (κ2) is 9.42. The summed E-state index contributed by atoms with van der Waals surface area (Å²) in [6, 6.07) is 4.91. The monoisotopic (exact) mass is 439 g/mol. The summed E-state index contributed by atoms with van der Waals surface area (Å²) in [5, 5.41) is 0. The van der Waals surface area contributed by atoms with Crippen LogP contribution in [0, 0.1) is 0 Å². The van der Waals surface area contributed by atoms with E-state index in [4.69, 9.17) is 14.5 Å². The number of carbonyl (C=O) groups is 1. The molecule has 1 aromatic heterocycles. The Morgan fingerprint density at radius 2 is 1.75 bits per heavy atom. The Balaban J connectivity index is 1.54. The number of hydrogen-bond acceptors (Lipinski definition) is 4. The van der Waals surface area contributed by atoms with Crippen LogP contribution in [0.5, 0.6) is 0 Å². The van der Waals surface area contributed by atoms with Gasteiger partial charge in [0.15, 0.2) is 0 Å². The third-order valence-corrected chi connectivity index (χ3v) is 7.84. The normalized spacial score (nSPS) is 22.8. The zero-order valence-electron chi connectivity index (χ0n) is 19.6. The molecule has 6 heteroatoms. The van der Waals surface area contributed by atoms with Gasteiger partial charge < -0.3 is 14.0 Å². The lowest BCUT2D eigenvalue weighted by Gasteiger charge is -2.34. The summed E-state index contributed by atoms with van der Waals surface area (Å²) in [4.78, 5) is 19.5. The van der Waals surface area contributed by atoms with E-state index in [0.29, 0.717) is 18.8 Å². The molecule has 174 valence electrons. The second-order valence-electron chi connectivity index (χ2n) is 9.92. The van der Waals surface area contributed by atoms with E-state index in [0.717, 1.165) is 29.9 Å². The number of aromatic nitrogens is 2. The number of fused-ring (bicyclic) bond motifs is 3. The molecule has 1 aliphatic heterocycles. The molecule has 2 aliphatic carbocycles. The van der Waals surface area contributed by atoms with Gasteiger partial charge in [0.2, 0.25) is 0 Å². The average molecular weight is 440 g/mol. The van der Waals surface area contributed by atoms with Crippen molar-refractivity contribution in [3.05, 3.63) is 23.5 Å². The zero-order chi connectivity index (χ0) is 22.1. The van der Waals surface area contributed by atoms with Crippen LogP contribution in [0.1, 0.15) is 95.0 Å². The molecular weight excluding hydrogens is 402 g/mol. The average Bonchev–Trinajstić information content (AvgIpc) is 3.22. The van der Waals surface area contributed by atoms with E-state index in [1.807, 2.05) is 0 Å². The Bertz CT molecular complexity index is 957. The van der Waals surface area contributed by atoms with Crippen molar-refractivity contribution in [3.63, 3.8) is 0 Å². The first-order valence-corrected chi connectivity index (χ1v) is 12.7. The number of anilines is 1. The van der Waals surface area contributed by atoms with E-state index >= 15 is 0 Å². The zero-order valence-corrected chi connectivity index (χ0v) is 19.6. The van der Waals surface area contributed by atoms with Gasteiger partial charge in [-0.3, -0.25) is 4.90 Å². The van der Waals surface area contributed by atoms with Gasteiger partial charge in [0, 0.05) is 17.6 Å². The highest BCUT2D eigenvalue weighted by molar-refractivity contribution is 5.95. The molecule has 32 heavy (non-hydrogen) atoms.